The Balaban J connectivity index is 2.62. The maximum atomic E-state index is 12.2. The number of hydrogen-bond acceptors (Lipinski definition) is 4. The fourth-order valence-electron chi connectivity index (χ4n) is 2.23. The number of ether oxygens (including phenoxy) is 1. The van der Waals surface area contributed by atoms with E-state index in [2.05, 4.69) is 5.32 Å². The van der Waals surface area contributed by atoms with Crippen molar-refractivity contribution in [1.29, 1.82) is 0 Å². The molecule has 116 valence electrons. The molecular weight excluding hydrogens is 262 g/mol. The van der Waals surface area contributed by atoms with Gasteiger partial charge in [0.25, 0.3) is 0 Å². The summed E-state index contributed by atoms with van der Waals surface area (Å²) in [4.78, 5) is 27.0. The SMILES string of the molecule is CCCN(C(=O)NCCN(C)C)C1COCC1C(=O)O. The fraction of sp³-hybridized carbons (Fsp3) is 0.846. The van der Waals surface area contributed by atoms with Gasteiger partial charge in [-0.25, -0.2) is 4.79 Å². The third kappa shape index (κ3) is 4.64. The van der Waals surface area contributed by atoms with Crippen LogP contribution in [-0.2, 0) is 9.53 Å². The highest BCUT2D eigenvalue weighted by molar-refractivity contribution is 5.77. The highest BCUT2D eigenvalue weighted by Crippen LogP contribution is 2.20. The van der Waals surface area contributed by atoms with Crippen LogP contribution in [0.5, 0.6) is 0 Å². The molecule has 1 fully saturated rings. The lowest BCUT2D eigenvalue weighted by Crippen LogP contribution is -2.51. The number of aliphatic carboxylic acids is 1. The van der Waals surface area contributed by atoms with Crippen LogP contribution in [0.4, 0.5) is 4.79 Å². The fourth-order valence-corrected chi connectivity index (χ4v) is 2.23. The number of carboxylic acids is 1. The predicted octanol–water partition coefficient (Wildman–Crippen LogP) is 0.0692. The standard InChI is InChI=1S/C13H25N3O4/c1-4-6-16(13(19)14-5-7-15(2)3)11-9-20-8-10(11)12(17)18/h10-11H,4-9H2,1-3H3,(H,14,19)(H,17,18). The van der Waals surface area contributed by atoms with Crippen molar-refractivity contribution in [1.82, 2.24) is 15.1 Å². The molecule has 2 amide bonds. The second kappa shape index (κ2) is 8.06. The first-order valence-corrected chi connectivity index (χ1v) is 6.97. The zero-order valence-corrected chi connectivity index (χ0v) is 12.5. The molecule has 1 heterocycles. The van der Waals surface area contributed by atoms with Gasteiger partial charge in [-0.05, 0) is 20.5 Å². The van der Waals surface area contributed by atoms with Crippen molar-refractivity contribution in [2.24, 2.45) is 5.92 Å². The van der Waals surface area contributed by atoms with Gasteiger partial charge in [0.2, 0.25) is 0 Å². The third-order valence-corrected chi connectivity index (χ3v) is 3.33. The summed E-state index contributed by atoms with van der Waals surface area (Å²) in [6.07, 6.45) is 0.782. The summed E-state index contributed by atoms with van der Waals surface area (Å²) in [6, 6.07) is -0.595. The van der Waals surface area contributed by atoms with Gasteiger partial charge in [0.05, 0.1) is 19.3 Å². The highest BCUT2D eigenvalue weighted by Gasteiger charge is 2.39. The van der Waals surface area contributed by atoms with E-state index in [1.807, 2.05) is 25.9 Å². The number of nitrogens with zero attached hydrogens (tertiary/aromatic N) is 2. The number of hydrogen-bond donors (Lipinski definition) is 2. The average molecular weight is 287 g/mol. The molecule has 0 radical (unpaired) electrons. The van der Waals surface area contributed by atoms with Crippen LogP contribution >= 0.6 is 0 Å². The van der Waals surface area contributed by atoms with E-state index in [0.717, 1.165) is 13.0 Å². The Kier molecular flexibility index (Phi) is 6.74. The quantitative estimate of drug-likeness (QED) is 0.692. The molecule has 1 rings (SSSR count). The molecule has 0 aromatic rings. The molecule has 2 atom stereocenters. The van der Waals surface area contributed by atoms with Crippen molar-refractivity contribution in [2.45, 2.75) is 19.4 Å². The van der Waals surface area contributed by atoms with Gasteiger partial charge in [-0.1, -0.05) is 6.92 Å². The molecule has 7 nitrogen and oxygen atoms in total. The summed E-state index contributed by atoms with van der Waals surface area (Å²) in [5.41, 5.74) is 0. The minimum absolute atomic E-state index is 0.172. The van der Waals surface area contributed by atoms with Gasteiger partial charge in [-0.2, -0.15) is 0 Å². The van der Waals surface area contributed by atoms with Crippen molar-refractivity contribution in [3.05, 3.63) is 0 Å². The number of likely N-dealkylation sites (N-methyl/N-ethyl adjacent to an activating group) is 1. The maximum Gasteiger partial charge on any atom is 0.317 e. The van der Waals surface area contributed by atoms with Gasteiger partial charge in [0, 0.05) is 19.6 Å². The Morgan fingerprint density at radius 2 is 2.00 bits per heavy atom. The zero-order chi connectivity index (χ0) is 15.1. The molecule has 0 spiro atoms. The molecule has 0 saturated carbocycles. The summed E-state index contributed by atoms with van der Waals surface area (Å²) in [6.45, 7) is 4.24. The van der Waals surface area contributed by atoms with E-state index in [4.69, 9.17) is 4.74 Å². The number of amides is 2. The van der Waals surface area contributed by atoms with Gasteiger partial charge < -0.3 is 25.0 Å². The number of rotatable bonds is 7. The van der Waals surface area contributed by atoms with Crippen molar-refractivity contribution in [3.63, 3.8) is 0 Å². The molecule has 0 bridgehead atoms. The highest BCUT2D eigenvalue weighted by atomic mass is 16.5. The lowest BCUT2D eigenvalue weighted by Gasteiger charge is -2.30. The van der Waals surface area contributed by atoms with E-state index < -0.39 is 11.9 Å². The molecule has 0 aliphatic carbocycles. The first-order chi connectivity index (χ1) is 9.47. The lowest BCUT2D eigenvalue weighted by molar-refractivity contribution is -0.142. The summed E-state index contributed by atoms with van der Waals surface area (Å²) in [5.74, 6) is -1.55. The normalized spacial score (nSPS) is 22.0. The number of nitrogens with one attached hydrogen (secondary N) is 1. The predicted molar refractivity (Wildman–Crippen MR) is 74.7 cm³/mol. The van der Waals surface area contributed by atoms with E-state index in [1.54, 1.807) is 4.90 Å². The molecule has 2 unspecified atom stereocenters. The molecule has 0 aromatic heterocycles. The first kappa shape index (κ1) is 16.7. The van der Waals surface area contributed by atoms with Gasteiger partial charge in [0.15, 0.2) is 0 Å². The molecule has 0 aromatic carbocycles. The summed E-state index contributed by atoms with van der Waals surface area (Å²) < 4.78 is 5.24. The topological polar surface area (TPSA) is 82.1 Å². The van der Waals surface area contributed by atoms with Gasteiger partial charge in [-0.15, -0.1) is 0 Å². The largest absolute Gasteiger partial charge is 0.481 e. The smallest absolute Gasteiger partial charge is 0.317 e. The molecule has 7 heteroatoms. The van der Waals surface area contributed by atoms with Gasteiger partial charge >= 0.3 is 12.0 Å². The summed E-state index contributed by atoms with van der Waals surface area (Å²) >= 11 is 0. The minimum atomic E-state index is -0.908. The Bertz CT molecular complexity index is 336. The number of urea groups is 1. The monoisotopic (exact) mass is 287 g/mol. The van der Waals surface area contributed by atoms with E-state index in [-0.39, 0.29) is 25.3 Å². The Morgan fingerprint density at radius 1 is 1.30 bits per heavy atom. The number of carbonyl (C=O) groups is 2. The average Bonchev–Trinajstić information content (AvgIpc) is 2.84. The van der Waals surface area contributed by atoms with E-state index >= 15 is 0 Å². The molecular formula is C13H25N3O4. The van der Waals surface area contributed by atoms with E-state index in [1.165, 1.54) is 0 Å². The van der Waals surface area contributed by atoms with E-state index in [9.17, 15) is 14.7 Å². The van der Waals surface area contributed by atoms with Crippen molar-refractivity contribution < 1.29 is 19.4 Å². The van der Waals surface area contributed by atoms with Crippen LogP contribution in [0.3, 0.4) is 0 Å². The minimum Gasteiger partial charge on any atom is -0.481 e. The van der Waals surface area contributed by atoms with Crippen LogP contribution in [0.2, 0.25) is 0 Å². The number of carbonyl (C=O) groups excluding carboxylic acids is 1. The zero-order valence-electron chi connectivity index (χ0n) is 12.5. The summed E-state index contributed by atoms with van der Waals surface area (Å²) in [7, 11) is 3.86. The van der Waals surface area contributed by atoms with Crippen LogP contribution in [0.25, 0.3) is 0 Å². The molecule has 1 saturated heterocycles. The van der Waals surface area contributed by atoms with Crippen LogP contribution in [-0.4, -0.2) is 79.9 Å². The molecule has 1 aliphatic rings. The lowest BCUT2D eigenvalue weighted by atomic mass is 10.0. The van der Waals surface area contributed by atoms with Crippen LogP contribution < -0.4 is 5.32 Å². The first-order valence-electron chi connectivity index (χ1n) is 6.97. The van der Waals surface area contributed by atoms with Gasteiger partial charge in [-0.3, -0.25) is 4.79 Å². The number of carboxylic acid groups (broad SMARTS) is 1. The molecule has 1 aliphatic heterocycles. The molecule has 20 heavy (non-hydrogen) atoms. The van der Waals surface area contributed by atoms with E-state index in [0.29, 0.717) is 13.1 Å². The van der Waals surface area contributed by atoms with Crippen molar-refractivity contribution in [2.75, 3.05) is 46.9 Å². The van der Waals surface area contributed by atoms with Crippen LogP contribution in [0.1, 0.15) is 13.3 Å². The Morgan fingerprint density at radius 3 is 2.55 bits per heavy atom. The third-order valence-electron chi connectivity index (χ3n) is 3.33. The summed E-state index contributed by atoms with van der Waals surface area (Å²) in [5, 5.41) is 12.0. The van der Waals surface area contributed by atoms with Crippen molar-refractivity contribution in [3.8, 4) is 0 Å². The molecule has 2 N–H and O–H groups in total. The van der Waals surface area contributed by atoms with Crippen LogP contribution in [0, 0.1) is 5.92 Å². The second-order valence-corrected chi connectivity index (χ2v) is 5.28. The van der Waals surface area contributed by atoms with Gasteiger partial charge in [0.1, 0.15) is 5.92 Å². The second-order valence-electron chi connectivity index (χ2n) is 5.28. The van der Waals surface area contributed by atoms with Crippen LogP contribution in [0.15, 0.2) is 0 Å². The Labute approximate surface area is 119 Å². The maximum absolute atomic E-state index is 12.2. The Hall–Kier alpha value is -1.34. The van der Waals surface area contributed by atoms with Crippen molar-refractivity contribution >= 4 is 12.0 Å².